The van der Waals surface area contributed by atoms with Crippen LogP contribution in [0.4, 0.5) is 0 Å². The molecule has 0 radical (unpaired) electrons. The predicted molar refractivity (Wildman–Crippen MR) is 82.4 cm³/mol. The first-order valence-electron chi connectivity index (χ1n) is 6.82. The van der Waals surface area contributed by atoms with Crippen LogP contribution in [0.3, 0.4) is 0 Å². The molecule has 5 N–H and O–H groups in total. The summed E-state index contributed by atoms with van der Waals surface area (Å²) in [4.78, 5) is 13.9. The minimum absolute atomic E-state index is 0.151. The van der Waals surface area contributed by atoms with Gasteiger partial charge in [-0.2, -0.15) is 0 Å². The molecule has 0 aliphatic carbocycles. The molecule has 0 saturated heterocycles. The Morgan fingerprint density at radius 2 is 2.14 bits per heavy atom. The Kier molecular flexibility index (Phi) is 4.33. The number of rotatable bonds is 5. The normalized spacial score (nSPS) is 12.3. The number of phenolic OH excluding ortho intramolecular Hbond substituents is 1. The number of aromatic nitrogens is 1. The van der Waals surface area contributed by atoms with Crippen molar-refractivity contribution >= 4 is 16.9 Å². The first-order valence-corrected chi connectivity index (χ1v) is 6.82. The van der Waals surface area contributed by atoms with Crippen LogP contribution in [0.15, 0.2) is 30.0 Å². The lowest BCUT2D eigenvalue weighted by Gasteiger charge is -2.07. The minimum atomic E-state index is -1.05. The highest BCUT2D eigenvalue weighted by Crippen LogP contribution is 2.30. The maximum Gasteiger partial charge on any atom is 0.320 e. The number of carboxylic acids is 1. The third kappa shape index (κ3) is 3.44. The fourth-order valence-electron chi connectivity index (χ4n) is 2.30. The Morgan fingerprint density at radius 3 is 2.76 bits per heavy atom. The molecule has 0 spiro atoms. The molecule has 0 fully saturated rings. The monoisotopic (exact) mass is 288 g/mol. The number of hydrogen-bond acceptors (Lipinski definition) is 3. The number of allylic oxidation sites excluding steroid dienone is 2. The van der Waals surface area contributed by atoms with Gasteiger partial charge in [-0.3, -0.25) is 4.79 Å². The molecule has 5 heteroatoms. The van der Waals surface area contributed by atoms with Crippen molar-refractivity contribution in [2.75, 3.05) is 0 Å². The van der Waals surface area contributed by atoms with Crippen LogP contribution in [0, 0.1) is 0 Å². The number of phenols is 1. The second kappa shape index (κ2) is 6.01. The van der Waals surface area contributed by atoms with Crippen molar-refractivity contribution < 1.29 is 15.0 Å². The van der Waals surface area contributed by atoms with E-state index in [1.54, 1.807) is 12.3 Å². The summed E-state index contributed by atoms with van der Waals surface area (Å²) in [7, 11) is 0. The number of H-pyrrole nitrogens is 1. The highest BCUT2D eigenvalue weighted by atomic mass is 16.4. The maximum absolute atomic E-state index is 10.8. The molecule has 0 saturated carbocycles. The van der Waals surface area contributed by atoms with Crippen LogP contribution in [0.5, 0.6) is 5.75 Å². The van der Waals surface area contributed by atoms with Gasteiger partial charge in [-0.05, 0) is 43.5 Å². The quantitative estimate of drug-likeness (QED) is 0.634. The van der Waals surface area contributed by atoms with Crippen molar-refractivity contribution in [1.82, 2.24) is 4.98 Å². The Balaban J connectivity index is 2.36. The molecule has 1 heterocycles. The molecule has 2 aromatic rings. The Labute approximate surface area is 123 Å². The summed E-state index contributed by atoms with van der Waals surface area (Å²) in [6.45, 7) is 4.05. The Hall–Kier alpha value is -2.27. The van der Waals surface area contributed by atoms with Crippen LogP contribution < -0.4 is 5.73 Å². The summed E-state index contributed by atoms with van der Waals surface area (Å²) in [5.41, 5.74) is 9.28. The molecule has 1 atom stereocenters. The number of hydrogen-bond donors (Lipinski definition) is 4. The molecule has 112 valence electrons. The van der Waals surface area contributed by atoms with Gasteiger partial charge in [-0.25, -0.2) is 0 Å². The van der Waals surface area contributed by atoms with Gasteiger partial charge < -0.3 is 20.9 Å². The van der Waals surface area contributed by atoms with E-state index in [0.717, 1.165) is 17.5 Å². The van der Waals surface area contributed by atoms with E-state index in [1.807, 2.05) is 19.9 Å². The molecule has 2 rings (SSSR count). The van der Waals surface area contributed by atoms with Crippen molar-refractivity contribution in [3.05, 3.63) is 41.1 Å². The summed E-state index contributed by atoms with van der Waals surface area (Å²) >= 11 is 0. The van der Waals surface area contributed by atoms with Crippen LogP contribution in [0.1, 0.15) is 25.0 Å². The van der Waals surface area contributed by atoms with E-state index in [1.165, 1.54) is 5.57 Å². The zero-order chi connectivity index (χ0) is 15.6. The van der Waals surface area contributed by atoms with Crippen LogP contribution in [0.25, 0.3) is 10.9 Å². The summed E-state index contributed by atoms with van der Waals surface area (Å²) in [5, 5.41) is 19.7. The number of aromatic hydroxyl groups is 1. The lowest BCUT2D eigenvalue weighted by atomic mass is 10.0. The molecule has 1 aromatic carbocycles. The van der Waals surface area contributed by atoms with E-state index in [-0.39, 0.29) is 12.2 Å². The second-order valence-corrected chi connectivity index (χ2v) is 5.49. The predicted octanol–water partition coefficient (Wildman–Crippen LogP) is 2.34. The van der Waals surface area contributed by atoms with Crippen molar-refractivity contribution in [3.8, 4) is 5.75 Å². The summed E-state index contributed by atoms with van der Waals surface area (Å²) in [6.07, 6.45) is 4.72. The van der Waals surface area contributed by atoms with Crippen molar-refractivity contribution in [2.24, 2.45) is 5.73 Å². The number of aliphatic carboxylic acids is 1. The molecule has 21 heavy (non-hydrogen) atoms. The topological polar surface area (TPSA) is 99.3 Å². The molecule has 0 aliphatic rings. The van der Waals surface area contributed by atoms with E-state index in [0.29, 0.717) is 10.9 Å². The van der Waals surface area contributed by atoms with E-state index in [4.69, 9.17) is 10.8 Å². The molecule has 0 amide bonds. The molecule has 5 nitrogen and oxygen atoms in total. The Morgan fingerprint density at radius 1 is 1.43 bits per heavy atom. The summed E-state index contributed by atoms with van der Waals surface area (Å²) in [6, 6.07) is 2.70. The van der Waals surface area contributed by atoms with E-state index >= 15 is 0 Å². The number of nitrogens with two attached hydrogens (primary N) is 1. The van der Waals surface area contributed by atoms with Crippen LogP contribution in [-0.4, -0.2) is 27.2 Å². The van der Waals surface area contributed by atoms with Gasteiger partial charge in [0.15, 0.2) is 0 Å². The fourth-order valence-corrected chi connectivity index (χ4v) is 2.30. The maximum atomic E-state index is 10.8. The molecule has 0 aliphatic heterocycles. The average molecular weight is 288 g/mol. The van der Waals surface area contributed by atoms with Crippen LogP contribution in [0.2, 0.25) is 0 Å². The number of carbonyl (C=O) groups is 1. The first kappa shape index (κ1) is 15.1. The molecule has 1 unspecified atom stereocenters. The molecular weight excluding hydrogens is 268 g/mol. The van der Waals surface area contributed by atoms with E-state index in [9.17, 15) is 9.90 Å². The van der Waals surface area contributed by atoms with Gasteiger partial charge in [0, 0.05) is 23.5 Å². The molecular formula is C16H20N2O3. The standard InChI is InChI=1S/C16H20N2O3/c1-9(2)3-4-10-5-13-15(14(19)6-10)11(8-18-13)7-12(17)16(20)21/h3,5-6,8,12,18-19H,4,7,17H2,1-2H3,(H,20,21). The van der Waals surface area contributed by atoms with Crippen molar-refractivity contribution in [3.63, 3.8) is 0 Å². The minimum Gasteiger partial charge on any atom is -0.507 e. The van der Waals surface area contributed by atoms with Gasteiger partial charge in [0.25, 0.3) is 0 Å². The van der Waals surface area contributed by atoms with Gasteiger partial charge in [0.1, 0.15) is 11.8 Å². The summed E-state index contributed by atoms with van der Waals surface area (Å²) < 4.78 is 0. The van der Waals surface area contributed by atoms with E-state index < -0.39 is 12.0 Å². The third-order valence-electron chi connectivity index (χ3n) is 3.40. The second-order valence-electron chi connectivity index (χ2n) is 5.49. The van der Waals surface area contributed by atoms with Gasteiger partial charge in [0.05, 0.1) is 0 Å². The lowest BCUT2D eigenvalue weighted by Crippen LogP contribution is -2.32. The lowest BCUT2D eigenvalue weighted by molar-refractivity contribution is -0.138. The largest absolute Gasteiger partial charge is 0.507 e. The van der Waals surface area contributed by atoms with Crippen LogP contribution in [-0.2, 0) is 17.6 Å². The zero-order valence-electron chi connectivity index (χ0n) is 12.2. The van der Waals surface area contributed by atoms with E-state index in [2.05, 4.69) is 11.1 Å². The average Bonchev–Trinajstić information content (AvgIpc) is 2.79. The molecule has 1 aromatic heterocycles. The number of carboxylic acid groups (broad SMARTS) is 1. The fraction of sp³-hybridized carbons (Fsp3) is 0.312. The highest BCUT2D eigenvalue weighted by Gasteiger charge is 2.17. The number of nitrogens with one attached hydrogen (secondary N) is 1. The zero-order valence-corrected chi connectivity index (χ0v) is 12.2. The number of aromatic amines is 1. The highest BCUT2D eigenvalue weighted by molar-refractivity contribution is 5.90. The van der Waals surface area contributed by atoms with Gasteiger partial charge in [-0.15, -0.1) is 0 Å². The Bertz CT molecular complexity index is 697. The van der Waals surface area contributed by atoms with Gasteiger partial charge >= 0.3 is 5.97 Å². The smallest absolute Gasteiger partial charge is 0.320 e. The summed E-state index contributed by atoms with van der Waals surface area (Å²) in [5.74, 6) is -0.900. The number of fused-ring (bicyclic) bond motifs is 1. The third-order valence-corrected chi connectivity index (χ3v) is 3.40. The van der Waals surface area contributed by atoms with Crippen molar-refractivity contribution in [1.29, 1.82) is 0 Å². The van der Waals surface area contributed by atoms with Gasteiger partial charge in [0.2, 0.25) is 0 Å². The van der Waals surface area contributed by atoms with Crippen molar-refractivity contribution in [2.45, 2.75) is 32.7 Å². The molecule has 0 bridgehead atoms. The number of benzene rings is 1. The SMILES string of the molecule is CC(C)=CCc1cc(O)c2c(CC(N)C(=O)O)c[nH]c2c1. The van der Waals surface area contributed by atoms with Crippen LogP contribution >= 0.6 is 0 Å². The first-order chi connectivity index (χ1) is 9.88. The van der Waals surface area contributed by atoms with Gasteiger partial charge in [-0.1, -0.05) is 11.6 Å².